The van der Waals surface area contributed by atoms with Gasteiger partial charge in [0.25, 0.3) is 0 Å². The maximum atomic E-state index is 10.8. The number of carbonyl (C=O) groups excluding carboxylic acids is 2. The molecule has 2 N–H and O–H groups in total. The summed E-state index contributed by atoms with van der Waals surface area (Å²) in [6, 6.07) is 0. The highest BCUT2D eigenvalue weighted by Crippen LogP contribution is 1.96. The van der Waals surface area contributed by atoms with Gasteiger partial charge in [-0.2, -0.15) is 0 Å². The number of aliphatic hydroxyl groups excluding tert-OH is 2. The van der Waals surface area contributed by atoms with Crippen molar-refractivity contribution in [1.29, 1.82) is 0 Å². The Hall–Kier alpha value is -1.14. The van der Waals surface area contributed by atoms with Gasteiger partial charge in [0.2, 0.25) is 0 Å². The molecule has 0 heterocycles. The number of aliphatic hydroxyl groups is 2. The lowest BCUT2D eigenvalue weighted by atomic mass is 10.2. The molecule has 0 bridgehead atoms. The summed E-state index contributed by atoms with van der Waals surface area (Å²) in [4.78, 5) is 21.3. The molecule has 76 valence electrons. The summed E-state index contributed by atoms with van der Waals surface area (Å²) < 4.78 is 8.57. The van der Waals surface area contributed by atoms with Gasteiger partial charge in [-0.05, 0) is 0 Å². The highest BCUT2D eigenvalue weighted by atomic mass is 16.6. The van der Waals surface area contributed by atoms with Crippen molar-refractivity contribution in [2.24, 2.45) is 0 Å². The van der Waals surface area contributed by atoms with E-state index >= 15 is 0 Å². The van der Waals surface area contributed by atoms with Crippen LogP contribution in [0.15, 0.2) is 0 Å². The Morgan fingerprint density at radius 1 is 1.46 bits per heavy atom. The van der Waals surface area contributed by atoms with Gasteiger partial charge < -0.3 is 19.7 Å². The number of hydrogen-bond donors (Lipinski definition) is 2. The average molecular weight is 192 g/mol. The van der Waals surface area contributed by atoms with Gasteiger partial charge in [0.05, 0.1) is 20.1 Å². The lowest BCUT2D eigenvalue weighted by Gasteiger charge is -2.07. The van der Waals surface area contributed by atoms with Gasteiger partial charge in [-0.25, -0.2) is 4.79 Å². The summed E-state index contributed by atoms with van der Waals surface area (Å²) in [6.45, 7) is -0.520. The Balaban J connectivity index is 3.75. The molecule has 0 fully saturated rings. The second-order valence-electron chi connectivity index (χ2n) is 2.19. The van der Waals surface area contributed by atoms with E-state index in [1.807, 2.05) is 0 Å². The predicted octanol–water partition coefficient (Wildman–Crippen LogP) is -1.55. The lowest BCUT2D eigenvalue weighted by molar-refractivity contribution is -0.159. The molecule has 6 heteroatoms. The number of carbonyl (C=O) groups is 2. The van der Waals surface area contributed by atoms with E-state index in [-0.39, 0.29) is 13.2 Å². The molecule has 6 nitrogen and oxygen atoms in total. The monoisotopic (exact) mass is 192 g/mol. The maximum absolute atomic E-state index is 10.8. The molecule has 0 amide bonds. The van der Waals surface area contributed by atoms with Crippen LogP contribution < -0.4 is 0 Å². The quantitative estimate of drug-likeness (QED) is 0.512. The summed E-state index contributed by atoms with van der Waals surface area (Å²) in [7, 11) is 1.15. The van der Waals surface area contributed by atoms with Gasteiger partial charge in [-0.3, -0.25) is 4.79 Å². The van der Waals surface area contributed by atoms with Crippen molar-refractivity contribution < 1.29 is 29.3 Å². The topological polar surface area (TPSA) is 93.1 Å². The molecular weight excluding hydrogens is 180 g/mol. The highest BCUT2D eigenvalue weighted by Gasteiger charge is 2.20. The molecule has 0 radical (unpaired) electrons. The first kappa shape index (κ1) is 11.9. The van der Waals surface area contributed by atoms with E-state index in [9.17, 15) is 9.59 Å². The van der Waals surface area contributed by atoms with Crippen LogP contribution >= 0.6 is 0 Å². The van der Waals surface area contributed by atoms with Gasteiger partial charge in [0, 0.05) is 0 Å². The van der Waals surface area contributed by atoms with Gasteiger partial charge in [-0.15, -0.1) is 0 Å². The molecular formula is C7H12O6. The highest BCUT2D eigenvalue weighted by molar-refractivity contribution is 5.81. The van der Waals surface area contributed by atoms with Crippen molar-refractivity contribution in [3.05, 3.63) is 0 Å². The molecule has 0 spiro atoms. The zero-order valence-electron chi connectivity index (χ0n) is 7.23. The fourth-order valence-electron chi connectivity index (χ4n) is 0.567. The fraction of sp³-hybridized carbons (Fsp3) is 0.714. The standard InChI is InChI=1S/C7H12O6/c1-12-6(10)4-5(9)7(11)13-3-2-8/h5,8-9H,2-4H2,1H3. The van der Waals surface area contributed by atoms with Crippen LogP contribution in [0.25, 0.3) is 0 Å². The second kappa shape index (κ2) is 6.38. The zero-order valence-corrected chi connectivity index (χ0v) is 7.23. The normalized spacial score (nSPS) is 11.9. The molecule has 0 aliphatic rings. The summed E-state index contributed by atoms with van der Waals surface area (Å²) in [5.41, 5.74) is 0. The molecule has 0 aliphatic carbocycles. The van der Waals surface area contributed by atoms with E-state index in [4.69, 9.17) is 10.2 Å². The van der Waals surface area contributed by atoms with E-state index < -0.39 is 24.5 Å². The number of hydrogen-bond acceptors (Lipinski definition) is 6. The Kier molecular flexibility index (Phi) is 5.82. The molecule has 1 unspecified atom stereocenters. The maximum Gasteiger partial charge on any atom is 0.335 e. The van der Waals surface area contributed by atoms with E-state index in [0.717, 1.165) is 7.11 Å². The van der Waals surface area contributed by atoms with Crippen molar-refractivity contribution >= 4 is 11.9 Å². The summed E-state index contributed by atoms with van der Waals surface area (Å²) in [5.74, 6) is -1.65. The summed E-state index contributed by atoms with van der Waals surface area (Å²) >= 11 is 0. The summed E-state index contributed by atoms with van der Waals surface area (Å²) in [6.07, 6.45) is -1.97. The lowest BCUT2D eigenvalue weighted by Crippen LogP contribution is -2.27. The predicted molar refractivity (Wildman–Crippen MR) is 40.7 cm³/mol. The van der Waals surface area contributed by atoms with Crippen molar-refractivity contribution in [1.82, 2.24) is 0 Å². The second-order valence-corrected chi connectivity index (χ2v) is 2.19. The molecule has 0 aliphatic heterocycles. The van der Waals surface area contributed by atoms with Crippen LogP contribution in [0, 0.1) is 0 Å². The van der Waals surface area contributed by atoms with Gasteiger partial charge >= 0.3 is 11.9 Å². The molecule has 1 atom stereocenters. The van der Waals surface area contributed by atoms with Crippen molar-refractivity contribution in [2.45, 2.75) is 12.5 Å². The third kappa shape index (κ3) is 5.15. The number of rotatable bonds is 5. The zero-order chi connectivity index (χ0) is 10.3. The molecule has 0 rings (SSSR count). The third-order valence-corrected chi connectivity index (χ3v) is 1.20. The molecule has 0 saturated carbocycles. The smallest absolute Gasteiger partial charge is 0.335 e. The third-order valence-electron chi connectivity index (χ3n) is 1.20. The largest absolute Gasteiger partial charge is 0.469 e. The first-order chi connectivity index (χ1) is 6.11. The van der Waals surface area contributed by atoms with Crippen molar-refractivity contribution in [3.8, 4) is 0 Å². The van der Waals surface area contributed by atoms with Crippen molar-refractivity contribution in [3.63, 3.8) is 0 Å². The molecule has 0 aromatic rings. The van der Waals surface area contributed by atoms with Crippen LogP contribution in [0.1, 0.15) is 6.42 Å². The molecule has 0 aromatic carbocycles. The Morgan fingerprint density at radius 3 is 2.54 bits per heavy atom. The number of esters is 2. The fourth-order valence-corrected chi connectivity index (χ4v) is 0.567. The van der Waals surface area contributed by atoms with E-state index in [1.165, 1.54) is 0 Å². The minimum absolute atomic E-state index is 0.197. The van der Waals surface area contributed by atoms with Crippen molar-refractivity contribution in [2.75, 3.05) is 20.3 Å². The van der Waals surface area contributed by atoms with Crippen LogP contribution in [0.3, 0.4) is 0 Å². The Bertz CT molecular complexity index is 178. The molecule has 0 saturated heterocycles. The molecule has 0 aromatic heterocycles. The molecule has 13 heavy (non-hydrogen) atoms. The van der Waals surface area contributed by atoms with Crippen LogP contribution in [-0.2, 0) is 19.1 Å². The van der Waals surface area contributed by atoms with Crippen LogP contribution in [0.5, 0.6) is 0 Å². The van der Waals surface area contributed by atoms with Crippen LogP contribution in [-0.4, -0.2) is 48.6 Å². The SMILES string of the molecule is COC(=O)CC(O)C(=O)OCCO. The number of methoxy groups -OCH3 is 1. The minimum atomic E-state index is -1.53. The van der Waals surface area contributed by atoms with Crippen LogP contribution in [0.4, 0.5) is 0 Å². The number of ether oxygens (including phenoxy) is 2. The van der Waals surface area contributed by atoms with Gasteiger partial charge in [0.1, 0.15) is 6.61 Å². The van der Waals surface area contributed by atoms with E-state index in [0.29, 0.717) is 0 Å². The Labute approximate surface area is 75.1 Å². The first-order valence-corrected chi connectivity index (χ1v) is 3.64. The van der Waals surface area contributed by atoms with E-state index in [2.05, 4.69) is 9.47 Å². The van der Waals surface area contributed by atoms with E-state index in [1.54, 1.807) is 0 Å². The average Bonchev–Trinajstić information content (AvgIpc) is 2.13. The van der Waals surface area contributed by atoms with Gasteiger partial charge in [0.15, 0.2) is 6.10 Å². The first-order valence-electron chi connectivity index (χ1n) is 3.64. The minimum Gasteiger partial charge on any atom is -0.469 e. The summed E-state index contributed by atoms with van der Waals surface area (Å²) in [5, 5.41) is 17.3. The van der Waals surface area contributed by atoms with Gasteiger partial charge in [-0.1, -0.05) is 0 Å². The Morgan fingerprint density at radius 2 is 2.08 bits per heavy atom. The van der Waals surface area contributed by atoms with Crippen LogP contribution in [0.2, 0.25) is 0 Å².